The SMILES string of the molecule is COc1ccc(C(=O)OCC(=O)NCc2ccccc2Cl)c(OC)c1OC. The highest BCUT2D eigenvalue weighted by molar-refractivity contribution is 6.31. The summed E-state index contributed by atoms with van der Waals surface area (Å²) >= 11 is 6.03. The molecule has 0 atom stereocenters. The predicted molar refractivity (Wildman–Crippen MR) is 99.7 cm³/mol. The molecule has 0 saturated carbocycles. The highest BCUT2D eigenvalue weighted by Crippen LogP contribution is 2.39. The molecule has 0 heterocycles. The zero-order valence-electron chi connectivity index (χ0n) is 15.2. The first-order chi connectivity index (χ1) is 13.0. The fraction of sp³-hybridized carbons (Fsp3) is 0.263. The number of esters is 1. The number of amides is 1. The number of rotatable bonds is 8. The number of methoxy groups -OCH3 is 3. The molecular weight excluding hydrogens is 374 g/mol. The smallest absolute Gasteiger partial charge is 0.342 e. The molecular formula is C19H20ClNO6. The maximum atomic E-state index is 12.3. The minimum absolute atomic E-state index is 0.119. The second kappa shape index (κ2) is 9.68. The highest BCUT2D eigenvalue weighted by Gasteiger charge is 2.22. The molecule has 0 aromatic heterocycles. The van der Waals surface area contributed by atoms with Crippen molar-refractivity contribution in [2.45, 2.75) is 6.54 Å². The molecule has 27 heavy (non-hydrogen) atoms. The average Bonchev–Trinajstić information content (AvgIpc) is 2.69. The Labute approximate surface area is 162 Å². The molecule has 0 fully saturated rings. The summed E-state index contributed by atoms with van der Waals surface area (Å²) in [5, 5.41) is 3.19. The van der Waals surface area contributed by atoms with E-state index in [4.69, 9.17) is 30.5 Å². The van der Waals surface area contributed by atoms with Gasteiger partial charge in [0.15, 0.2) is 18.1 Å². The molecule has 2 aromatic rings. The van der Waals surface area contributed by atoms with E-state index in [-0.39, 0.29) is 23.6 Å². The number of carbonyl (C=O) groups is 2. The predicted octanol–water partition coefficient (Wildman–Crippen LogP) is 2.84. The van der Waals surface area contributed by atoms with Crippen LogP contribution in [0.2, 0.25) is 5.02 Å². The van der Waals surface area contributed by atoms with Crippen molar-refractivity contribution in [1.82, 2.24) is 5.32 Å². The van der Waals surface area contributed by atoms with Crippen molar-refractivity contribution in [3.05, 3.63) is 52.5 Å². The first-order valence-electron chi connectivity index (χ1n) is 7.98. The summed E-state index contributed by atoms with van der Waals surface area (Å²) in [6.45, 7) is -0.212. The molecule has 144 valence electrons. The number of halogens is 1. The van der Waals surface area contributed by atoms with Gasteiger partial charge in [0.2, 0.25) is 5.75 Å². The maximum Gasteiger partial charge on any atom is 0.342 e. The molecule has 0 aliphatic rings. The van der Waals surface area contributed by atoms with Crippen LogP contribution in [0.3, 0.4) is 0 Å². The van der Waals surface area contributed by atoms with Gasteiger partial charge in [0.1, 0.15) is 5.56 Å². The summed E-state index contributed by atoms with van der Waals surface area (Å²) in [6.07, 6.45) is 0. The third-order valence-electron chi connectivity index (χ3n) is 3.69. The number of benzene rings is 2. The number of hydrogen-bond donors (Lipinski definition) is 1. The van der Waals surface area contributed by atoms with Crippen LogP contribution in [0.1, 0.15) is 15.9 Å². The molecule has 0 saturated heterocycles. The molecule has 1 amide bonds. The van der Waals surface area contributed by atoms with E-state index in [1.807, 2.05) is 6.07 Å². The van der Waals surface area contributed by atoms with Crippen molar-refractivity contribution >= 4 is 23.5 Å². The van der Waals surface area contributed by atoms with Gasteiger partial charge in [-0.1, -0.05) is 29.8 Å². The lowest BCUT2D eigenvalue weighted by atomic mass is 10.1. The quantitative estimate of drug-likeness (QED) is 0.694. The van der Waals surface area contributed by atoms with Crippen molar-refractivity contribution in [1.29, 1.82) is 0 Å². The Bertz CT molecular complexity index is 824. The molecule has 0 aliphatic carbocycles. The zero-order valence-corrected chi connectivity index (χ0v) is 16.0. The first-order valence-corrected chi connectivity index (χ1v) is 8.35. The summed E-state index contributed by atoms with van der Waals surface area (Å²) in [5.74, 6) is -0.345. The van der Waals surface area contributed by atoms with Crippen LogP contribution in [0.25, 0.3) is 0 Å². The van der Waals surface area contributed by atoms with Crippen LogP contribution in [0.15, 0.2) is 36.4 Å². The Morgan fingerprint density at radius 3 is 2.30 bits per heavy atom. The van der Waals surface area contributed by atoms with Gasteiger partial charge in [-0.15, -0.1) is 0 Å². The summed E-state index contributed by atoms with van der Waals surface area (Å²) in [4.78, 5) is 24.3. The summed E-state index contributed by atoms with van der Waals surface area (Å²) in [7, 11) is 4.29. The van der Waals surface area contributed by atoms with Crippen LogP contribution in [-0.2, 0) is 16.1 Å². The Morgan fingerprint density at radius 1 is 0.963 bits per heavy atom. The largest absolute Gasteiger partial charge is 0.493 e. The van der Waals surface area contributed by atoms with Crippen LogP contribution in [0.5, 0.6) is 17.2 Å². The van der Waals surface area contributed by atoms with Crippen LogP contribution in [0, 0.1) is 0 Å². The fourth-order valence-electron chi connectivity index (χ4n) is 2.36. The summed E-state index contributed by atoms with van der Waals surface area (Å²) < 4.78 is 20.7. The second-order valence-corrected chi connectivity index (χ2v) is 5.73. The fourth-order valence-corrected chi connectivity index (χ4v) is 2.56. The molecule has 2 rings (SSSR count). The first kappa shape index (κ1) is 20.4. The number of carbonyl (C=O) groups excluding carboxylic acids is 2. The molecule has 0 radical (unpaired) electrons. The zero-order chi connectivity index (χ0) is 19.8. The molecule has 7 nitrogen and oxygen atoms in total. The van der Waals surface area contributed by atoms with E-state index >= 15 is 0 Å². The minimum atomic E-state index is -0.722. The third-order valence-corrected chi connectivity index (χ3v) is 4.06. The Hall–Kier alpha value is -2.93. The van der Waals surface area contributed by atoms with Crippen LogP contribution < -0.4 is 19.5 Å². The van der Waals surface area contributed by atoms with Gasteiger partial charge in [0, 0.05) is 11.6 Å². The van der Waals surface area contributed by atoms with Crippen molar-refractivity contribution in [2.24, 2.45) is 0 Å². The summed E-state index contributed by atoms with van der Waals surface area (Å²) in [5.41, 5.74) is 0.884. The van der Waals surface area contributed by atoms with E-state index in [1.165, 1.54) is 27.4 Å². The number of nitrogens with one attached hydrogen (secondary N) is 1. The van der Waals surface area contributed by atoms with Gasteiger partial charge in [-0.05, 0) is 23.8 Å². The molecule has 0 aliphatic heterocycles. The molecule has 0 unspecified atom stereocenters. The van der Waals surface area contributed by atoms with E-state index in [1.54, 1.807) is 24.3 Å². The van der Waals surface area contributed by atoms with E-state index in [0.29, 0.717) is 10.8 Å². The lowest BCUT2D eigenvalue weighted by Gasteiger charge is -2.15. The van der Waals surface area contributed by atoms with Crippen LogP contribution >= 0.6 is 11.6 Å². The van der Waals surface area contributed by atoms with Gasteiger partial charge in [-0.25, -0.2) is 4.79 Å². The molecule has 0 bridgehead atoms. The van der Waals surface area contributed by atoms with E-state index < -0.39 is 18.5 Å². The van der Waals surface area contributed by atoms with E-state index in [0.717, 1.165) is 5.56 Å². The topological polar surface area (TPSA) is 83.1 Å². The standard InChI is InChI=1S/C19H20ClNO6/c1-24-15-9-8-13(17(25-2)18(15)26-3)19(23)27-11-16(22)21-10-12-6-4-5-7-14(12)20/h4-9H,10-11H2,1-3H3,(H,21,22). The lowest BCUT2D eigenvalue weighted by Crippen LogP contribution is -2.28. The van der Waals surface area contributed by atoms with Crippen molar-refractivity contribution in [2.75, 3.05) is 27.9 Å². The van der Waals surface area contributed by atoms with Crippen molar-refractivity contribution < 1.29 is 28.5 Å². The maximum absolute atomic E-state index is 12.3. The second-order valence-electron chi connectivity index (χ2n) is 5.33. The minimum Gasteiger partial charge on any atom is -0.493 e. The van der Waals surface area contributed by atoms with E-state index in [9.17, 15) is 9.59 Å². The van der Waals surface area contributed by atoms with E-state index in [2.05, 4.69) is 5.32 Å². The summed E-state index contributed by atoms with van der Waals surface area (Å²) in [6, 6.07) is 10.2. The molecule has 1 N–H and O–H groups in total. The molecule has 2 aromatic carbocycles. The lowest BCUT2D eigenvalue weighted by molar-refractivity contribution is -0.124. The Kier molecular flexibility index (Phi) is 7.31. The molecule has 8 heteroatoms. The van der Waals surface area contributed by atoms with Gasteiger partial charge in [-0.3, -0.25) is 4.79 Å². The van der Waals surface area contributed by atoms with Gasteiger partial charge in [0.25, 0.3) is 5.91 Å². The van der Waals surface area contributed by atoms with Gasteiger partial charge in [-0.2, -0.15) is 0 Å². The van der Waals surface area contributed by atoms with Crippen molar-refractivity contribution in [3.8, 4) is 17.2 Å². The van der Waals surface area contributed by atoms with Gasteiger partial charge >= 0.3 is 5.97 Å². The molecule has 0 spiro atoms. The normalized spacial score (nSPS) is 10.1. The third kappa shape index (κ3) is 5.04. The number of hydrogen-bond acceptors (Lipinski definition) is 6. The van der Waals surface area contributed by atoms with Crippen LogP contribution in [-0.4, -0.2) is 39.8 Å². The van der Waals surface area contributed by atoms with Gasteiger partial charge in [0.05, 0.1) is 21.3 Å². The Morgan fingerprint density at radius 2 is 1.67 bits per heavy atom. The van der Waals surface area contributed by atoms with Crippen LogP contribution in [0.4, 0.5) is 0 Å². The van der Waals surface area contributed by atoms with Crippen molar-refractivity contribution in [3.63, 3.8) is 0 Å². The Balaban J connectivity index is 1.99. The number of ether oxygens (including phenoxy) is 4. The van der Waals surface area contributed by atoms with Gasteiger partial charge < -0.3 is 24.3 Å². The average molecular weight is 394 g/mol. The monoisotopic (exact) mass is 393 g/mol. The highest BCUT2D eigenvalue weighted by atomic mass is 35.5.